The summed E-state index contributed by atoms with van der Waals surface area (Å²) in [5.41, 5.74) is 3.11. The predicted molar refractivity (Wildman–Crippen MR) is 127 cm³/mol. The van der Waals surface area contributed by atoms with Gasteiger partial charge in [-0.15, -0.1) is 11.8 Å². The predicted octanol–water partition coefficient (Wildman–Crippen LogP) is 4.94. The molecule has 1 spiro atoms. The van der Waals surface area contributed by atoms with Crippen molar-refractivity contribution in [2.24, 2.45) is 0 Å². The summed E-state index contributed by atoms with van der Waals surface area (Å²) in [7, 11) is 1.59. The lowest BCUT2D eigenvalue weighted by Crippen LogP contribution is -2.50. The smallest absolute Gasteiger partial charge is 0.268 e. The van der Waals surface area contributed by atoms with Crippen molar-refractivity contribution in [3.63, 3.8) is 0 Å². The Kier molecular flexibility index (Phi) is 5.35. The molecule has 0 aromatic heterocycles. The highest BCUT2D eigenvalue weighted by molar-refractivity contribution is 8.01. The summed E-state index contributed by atoms with van der Waals surface area (Å²) in [5.74, 6) is 1.05. The molecule has 2 aliphatic heterocycles. The fraction of sp³-hybridized carbons (Fsp3) is 0.200. The monoisotopic (exact) mass is 464 g/mol. The first-order valence-corrected chi connectivity index (χ1v) is 11.7. The lowest BCUT2D eigenvalue weighted by molar-refractivity contribution is -0.123. The minimum Gasteiger partial charge on any atom is -0.497 e. The van der Waals surface area contributed by atoms with E-state index in [1.165, 1.54) is 11.8 Å². The molecule has 3 aromatic rings. The second-order valence-electron chi connectivity index (χ2n) is 7.72. The van der Waals surface area contributed by atoms with Crippen molar-refractivity contribution in [1.82, 2.24) is 4.90 Å². The molecule has 0 saturated carbocycles. The maximum Gasteiger partial charge on any atom is 0.268 e. The van der Waals surface area contributed by atoms with E-state index in [-0.39, 0.29) is 11.8 Å². The summed E-state index contributed by atoms with van der Waals surface area (Å²) in [6.45, 7) is 0.910. The van der Waals surface area contributed by atoms with E-state index >= 15 is 0 Å². The number of benzene rings is 3. The Morgan fingerprint density at radius 1 is 1.09 bits per heavy atom. The largest absolute Gasteiger partial charge is 0.497 e. The van der Waals surface area contributed by atoms with Gasteiger partial charge < -0.3 is 14.5 Å². The third-order valence-corrected chi connectivity index (χ3v) is 7.58. The number of carbonyl (C=O) groups excluding carboxylic acids is 2. The molecule has 2 aliphatic rings. The van der Waals surface area contributed by atoms with Crippen molar-refractivity contribution >= 4 is 40.9 Å². The van der Waals surface area contributed by atoms with E-state index in [2.05, 4.69) is 0 Å². The third kappa shape index (κ3) is 3.26. The first-order valence-electron chi connectivity index (χ1n) is 10.3. The number of carbonyl (C=O) groups is 2. The van der Waals surface area contributed by atoms with Gasteiger partial charge in [0.2, 0.25) is 0 Å². The number of thioether (sulfide) groups is 1. The molecule has 1 atom stereocenters. The Labute approximate surface area is 195 Å². The molecule has 2 amide bonds. The van der Waals surface area contributed by atoms with Crippen LogP contribution >= 0.6 is 23.4 Å². The second kappa shape index (κ2) is 8.19. The summed E-state index contributed by atoms with van der Waals surface area (Å²) in [5, 5.41) is 0.543. The van der Waals surface area contributed by atoms with Crippen molar-refractivity contribution in [3.8, 4) is 5.75 Å². The summed E-state index contributed by atoms with van der Waals surface area (Å²) < 4.78 is 5.21. The first-order chi connectivity index (χ1) is 15.5. The van der Waals surface area contributed by atoms with Gasteiger partial charge in [0.25, 0.3) is 11.8 Å². The zero-order chi connectivity index (χ0) is 22.3. The fourth-order valence-electron chi connectivity index (χ4n) is 4.40. The number of hydrogen-bond acceptors (Lipinski definition) is 4. The minimum absolute atomic E-state index is 0.108. The van der Waals surface area contributed by atoms with Crippen LogP contribution in [0.1, 0.15) is 21.5 Å². The molecule has 1 saturated heterocycles. The number of amides is 2. The van der Waals surface area contributed by atoms with Crippen LogP contribution in [-0.2, 0) is 16.2 Å². The molecular formula is C25H21ClN2O3S. The number of fused-ring (bicyclic) bond motifs is 2. The Morgan fingerprint density at radius 2 is 1.84 bits per heavy atom. The number of methoxy groups -OCH3 is 1. The Morgan fingerprint density at radius 3 is 2.56 bits per heavy atom. The van der Waals surface area contributed by atoms with E-state index in [0.717, 1.165) is 16.8 Å². The van der Waals surface area contributed by atoms with Gasteiger partial charge in [0, 0.05) is 28.4 Å². The van der Waals surface area contributed by atoms with E-state index in [4.69, 9.17) is 16.3 Å². The molecule has 1 fully saturated rings. The Hall–Kier alpha value is -2.96. The molecule has 5 rings (SSSR count). The number of rotatable bonds is 4. The summed E-state index contributed by atoms with van der Waals surface area (Å²) in [6.07, 6.45) is 0. The van der Waals surface area contributed by atoms with Gasteiger partial charge in [-0.2, -0.15) is 0 Å². The van der Waals surface area contributed by atoms with Crippen molar-refractivity contribution in [2.75, 3.05) is 24.3 Å². The zero-order valence-corrected chi connectivity index (χ0v) is 19.0. The topological polar surface area (TPSA) is 49.9 Å². The van der Waals surface area contributed by atoms with E-state index in [0.29, 0.717) is 35.2 Å². The first kappa shape index (κ1) is 20.9. The van der Waals surface area contributed by atoms with Crippen LogP contribution in [-0.4, -0.2) is 36.1 Å². The molecule has 0 radical (unpaired) electrons. The summed E-state index contributed by atoms with van der Waals surface area (Å²) >= 11 is 7.86. The maximum atomic E-state index is 14.0. The second-order valence-corrected chi connectivity index (χ2v) is 9.44. The summed E-state index contributed by atoms with van der Waals surface area (Å²) in [4.78, 5) is 29.9. The number of nitrogens with zero attached hydrogens (tertiary/aromatic N) is 2. The molecule has 7 heteroatoms. The van der Waals surface area contributed by atoms with Gasteiger partial charge in [0.05, 0.1) is 19.3 Å². The van der Waals surface area contributed by atoms with Gasteiger partial charge in [-0.25, -0.2) is 0 Å². The Bertz CT molecular complexity index is 1190. The van der Waals surface area contributed by atoms with Gasteiger partial charge >= 0.3 is 0 Å². The molecule has 0 aliphatic carbocycles. The lowest BCUT2D eigenvalue weighted by atomic mass is 10.0. The molecule has 5 nitrogen and oxygen atoms in total. The van der Waals surface area contributed by atoms with Gasteiger partial charge in [0.15, 0.2) is 4.87 Å². The van der Waals surface area contributed by atoms with Gasteiger partial charge in [-0.3, -0.25) is 9.59 Å². The SMILES string of the molecule is COc1ccc(C(=O)N2CCS[C@@]23C(=O)N(Cc2ccccc2)c2ccc(Cl)cc23)cc1. The molecular weight excluding hydrogens is 444 g/mol. The highest BCUT2D eigenvalue weighted by atomic mass is 35.5. The van der Waals surface area contributed by atoms with Crippen molar-refractivity contribution in [2.45, 2.75) is 11.4 Å². The van der Waals surface area contributed by atoms with Crippen LogP contribution < -0.4 is 9.64 Å². The van der Waals surface area contributed by atoms with Gasteiger partial charge in [-0.1, -0.05) is 41.9 Å². The zero-order valence-electron chi connectivity index (χ0n) is 17.5. The quantitative estimate of drug-likeness (QED) is 0.549. The van der Waals surface area contributed by atoms with Crippen LogP contribution in [0.3, 0.4) is 0 Å². The highest BCUT2D eigenvalue weighted by Gasteiger charge is 2.59. The van der Waals surface area contributed by atoms with Crippen LogP contribution in [0, 0.1) is 0 Å². The number of halogens is 1. The molecule has 162 valence electrons. The van der Waals surface area contributed by atoms with E-state index in [1.54, 1.807) is 47.2 Å². The average molecular weight is 465 g/mol. The minimum atomic E-state index is -1.12. The van der Waals surface area contributed by atoms with E-state index in [9.17, 15) is 9.59 Å². The molecule has 3 aromatic carbocycles. The molecule has 0 unspecified atom stereocenters. The highest BCUT2D eigenvalue weighted by Crippen LogP contribution is 2.55. The van der Waals surface area contributed by atoms with E-state index in [1.807, 2.05) is 42.5 Å². The standard InChI is InChI=1S/C25H21ClN2O3S/c1-31-20-10-7-18(8-11-20)23(29)28-13-14-32-25(28)21-15-19(26)9-12-22(21)27(24(25)30)16-17-5-3-2-4-6-17/h2-12,15H,13-14,16H2,1H3/t25-/m0/s1. The molecule has 32 heavy (non-hydrogen) atoms. The van der Waals surface area contributed by atoms with Crippen LogP contribution in [0.25, 0.3) is 0 Å². The molecule has 0 N–H and O–H groups in total. The van der Waals surface area contributed by atoms with Crippen molar-refractivity contribution in [3.05, 3.63) is 94.5 Å². The van der Waals surface area contributed by atoms with Crippen molar-refractivity contribution < 1.29 is 14.3 Å². The normalized spacial score (nSPS) is 19.5. The Balaban J connectivity index is 1.58. The molecule has 0 bridgehead atoms. The van der Waals surface area contributed by atoms with Gasteiger partial charge in [-0.05, 0) is 48.0 Å². The van der Waals surface area contributed by atoms with Crippen LogP contribution in [0.5, 0.6) is 5.75 Å². The fourth-order valence-corrected chi connectivity index (χ4v) is 6.02. The lowest BCUT2D eigenvalue weighted by Gasteiger charge is -2.33. The number of hydrogen-bond donors (Lipinski definition) is 0. The van der Waals surface area contributed by atoms with Crippen LogP contribution in [0.2, 0.25) is 5.02 Å². The van der Waals surface area contributed by atoms with Crippen LogP contribution in [0.4, 0.5) is 5.69 Å². The third-order valence-electron chi connectivity index (χ3n) is 5.92. The van der Waals surface area contributed by atoms with Crippen molar-refractivity contribution in [1.29, 1.82) is 0 Å². The molecule has 2 heterocycles. The summed E-state index contributed by atoms with van der Waals surface area (Å²) in [6, 6.07) is 22.3. The van der Waals surface area contributed by atoms with E-state index < -0.39 is 4.87 Å². The average Bonchev–Trinajstić information content (AvgIpc) is 3.36. The van der Waals surface area contributed by atoms with Crippen LogP contribution in [0.15, 0.2) is 72.8 Å². The number of anilines is 1. The number of ether oxygens (including phenoxy) is 1. The van der Waals surface area contributed by atoms with Gasteiger partial charge in [0.1, 0.15) is 5.75 Å². The maximum absolute atomic E-state index is 14.0.